The zero-order valence-electron chi connectivity index (χ0n) is 16.5. The van der Waals surface area contributed by atoms with E-state index in [9.17, 15) is 9.90 Å². The molecule has 3 rings (SSSR count). The van der Waals surface area contributed by atoms with Gasteiger partial charge in [-0.25, -0.2) is 4.68 Å². The molecule has 1 aromatic carbocycles. The molecule has 1 aliphatic rings. The molecule has 0 amide bonds. The maximum atomic E-state index is 12.2. The number of fused-ring (bicyclic) bond motifs is 1. The zero-order valence-corrected chi connectivity index (χ0v) is 16.5. The first kappa shape index (κ1) is 19.6. The Kier molecular flexibility index (Phi) is 5.67. The van der Waals surface area contributed by atoms with E-state index < -0.39 is 6.10 Å². The van der Waals surface area contributed by atoms with Crippen molar-refractivity contribution in [2.45, 2.75) is 58.8 Å². The molecule has 6 heteroatoms. The Labute approximate surface area is 159 Å². The van der Waals surface area contributed by atoms with Crippen LogP contribution in [0.25, 0.3) is 0 Å². The lowest BCUT2D eigenvalue weighted by Gasteiger charge is -2.21. The molecule has 0 saturated heterocycles. The first-order chi connectivity index (χ1) is 12.7. The molecule has 6 nitrogen and oxygen atoms in total. The first-order valence-corrected chi connectivity index (χ1v) is 9.33. The fourth-order valence-electron chi connectivity index (χ4n) is 3.10. The van der Waals surface area contributed by atoms with Gasteiger partial charge in [0.2, 0.25) is 0 Å². The Morgan fingerprint density at radius 1 is 1.33 bits per heavy atom. The summed E-state index contributed by atoms with van der Waals surface area (Å²) in [4.78, 5) is 12.2. The Bertz CT molecular complexity index is 867. The van der Waals surface area contributed by atoms with Crippen LogP contribution in [0.1, 0.15) is 43.2 Å². The first-order valence-electron chi connectivity index (χ1n) is 9.33. The van der Waals surface area contributed by atoms with Gasteiger partial charge in [-0.05, 0) is 29.5 Å². The summed E-state index contributed by atoms with van der Waals surface area (Å²) in [6.45, 7) is 9.73. The van der Waals surface area contributed by atoms with E-state index in [1.165, 1.54) is 10.2 Å². The molecular weight excluding hydrogens is 344 g/mol. The molecule has 0 radical (unpaired) electrons. The highest BCUT2D eigenvalue weighted by Gasteiger charge is 2.17. The highest BCUT2D eigenvalue weighted by Crippen LogP contribution is 2.27. The molecule has 0 spiro atoms. The summed E-state index contributed by atoms with van der Waals surface area (Å²) < 4.78 is 12.4. The number of aromatic nitrogens is 2. The van der Waals surface area contributed by atoms with Gasteiger partial charge in [0.15, 0.2) is 0 Å². The third kappa shape index (κ3) is 4.76. The maximum Gasteiger partial charge on any atom is 0.267 e. The van der Waals surface area contributed by atoms with Gasteiger partial charge >= 0.3 is 0 Å². The average molecular weight is 372 g/mol. The van der Waals surface area contributed by atoms with E-state index in [2.05, 4.69) is 31.9 Å². The molecule has 0 saturated carbocycles. The van der Waals surface area contributed by atoms with Gasteiger partial charge in [-0.15, -0.1) is 0 Å². The fourth-order valence-corrected chi connectivity index (χ4v) is 3.10. The van der Waals surface area contributed by atoms with Crippen LogP contribution in [0.3, 0.4) is 0 Å². The third-order valence-electron chi connectivity index (χ3n) is 4.76. The fraction of sp³-hybridized carbons (Fsp3) is 0.524. The van der Waals surface area contributed by atoms with E-state index in [1.54, 1.807) is 6.07 Å². The largest absolute Gasteiger partial charge is 0.491 e. The predicted molar refractivity (Wildman–Crippen MR) is 103 cm³/mol. The molecule has 0 fully saturated rings. The summed E-state index contributed by atoms with van der Waals surface area (Å²) in [5, 5.41) is 14.7. The standard InChI is InChI=1S/C21H28N2O4/c1-14-9-16(21(2,3)4)5-6-19(14)27-13-17(24)11-23-20(25)10-15-12-26-8-7-18(15)22-23/h5-6,9-10,17,24H,7-8,11-13H2,1-4H3/t17-/m1/s1. The summed E-state index contributed by atoms with van der Waals surface area (Å²) >= 11 is 0. The Balaban J connectivity index is 1.63. The van der Waals surface area contributed by atoms with Gasteiger partial charge < -0.3 is 14.6 Å². The van der Waals surface area contributed by atoms with E-state index in [0.717, 1.165) is 22.6 Å². The van der Waals surface area contributed by atoms with Gasteiger partial charge in [-0.1, -0.05) is 32.9 Å². The second kappa shape index (κ2) is 7.82. The normalized spacial score (nSPS) is 15.3. The van der Waals surface area contributed by atoms with E-state index in [4.69, 9.17) is 9.47 Å². The van der Waals surface area contributed by atoms with Crippen LogP contribution in [0.15, 0.2) is 29.1 Å². The lowest BCUT2D eigenvalue weighted by molar-refractivity contribution is 0.0852. The molecule has 2 aromatic rings. The molecule has 146 valence electrons. The van der Waals surface area contributed by atoms with Crippen LogP contribution in [-0.2, 0) is 29.7 Å². The summed E-state index contributed by atoms with van der Waals surface area (Å²) in [5.41, 5.74) is 3.81. The molecule has 2 heterocycles. The smallest absolute Gasteiger partial charge is 0.267 e. The van der Waals surface area contributed by atoms with Crippen LogP contribution in [-0.4, -0.2) is 34.2 Å². The van der Waals surface area contributed by atoms with Crippen LogP contribution in [0.4, 0.5) is 0 Å². The third-order valence-corrected chi connectivity index (χ3v) is 4.76. The van der Waals surface area contributed by atoms with Gasteiger partial charge in [0.1, 0.15) is 18.5 Å². The minimum atomic E-state index is -0.824. The molecule has 1 N–H and O–H groups in total. The quantitative estimate of drug-likeness (QED) is 0.872. The maximum absolute atomic E-state index is 12.2. The summed E-state index contributed by atoms with van der Waals surface area (Å²) in [7, 11) is 0. The molecular formula is C21H28N2O4. The van der Waals surface area contributed by atoms with Crippen molar-refractivity contribution in [3.63, 3.8) is 0 Å². The summed E-state index contributed by atoms with van der Waals surface area (Å²) in [5.74, 6) is 0.741. The molecule has 27 heavy (non-hydrogen) atoms. The van der Waals surface area contributed by atoms with Crippen molar-refractivity contribution in [3.05, 3.63) is 57.0 Å². The Morgan fingerprint density at radius 3 is 2.81 bits per heavy atom. The van der Waals surface area contributed by atoms with Gasteiger partial charge in [0.05, 0.1) is 25.5 Å². The van der Waals surface area contributed by atoms with Crippen LogP contribution >= 0.6 is 0 Å². The summed E-state index contributed by atoms with van der Waals surface area (Å²) in [6.07, 6.45) is -0.142. The minimum Gasteiger partial charge on any atom is -0.491 e. The van der Waals surface area contributed by atoms with Crippen LogP contribution in [0, 0.1) is 6.92 Å². The highest BCUT2D eigenvalue weighted by atomic mass is 16.5. The lowest BCUT2D eigenvalue weighted by atomic mass is 9.86. The number of aliphatic hydroxyl groups is 1. The van der Waals surface area contributed by atoms with Crippen molar-refractivity contribution in [3.8, 4) is 5.75 Å². The minimum absolute atomic E-state index is 0.0765. The predicted octanol–water partition coefficient (Wildman–Crippen LogP) is 2.36. The molecule has 1 aliphatic heterocycles. The van der Waals surface area contributed by atoms with E-state index >= 15 is 0 Å². The van der Waals surface area contributed by atoms with Crippen LogP contribution in [0.2, 0.25) is 0 Å². The van der Waals surface area contributed by atoms with E-state index in [0.29, 0.717) is 19.6 Å². The summed E-state index contributed by atoms with van der Waals surface area (Å²) in [6, 6.07) is 7.64. The number of hydrogen-bond acceptors (Lipinski definition) is 5. The number of aryl methyl sites for hydroxylation is 1. The number of aliphatic hydroxyl groups excluding tert-OH is 1. The van der Waals surface area contributed by atoms with Crippen molar-refractivity contribution < 1.29 is 14.6 Å². The average Bonchev–Trinajstić information content (AvgIpc) is 2.60. The van der Waals surface area contributed by atoms with Gasteiger partial charge in [0.25, 0.3) is 5.56 Å². The van der Waals surface area contributed by atoms with Gasteiger partial charge in [-0.2, -0.15) is 5.10 Å². The number of hydrogen-bond donors (Lipinski definition) is 1. The second-order valence-corrected chi connectivity index (χ2v) is 8.13. The van der Waals surface area contributed by atoms with Crippen molar-refractivity contribution in [1.82, 2.24) is 9.78 Å². The molecule has 0 bridgehead atoms. The monoisotopic (exact) mass is 372 g/mol. The second-order valence-electron chi connectivity index (χ2n) is 8.13. The lowest BCUT2D eigenvalue weighted by Crippen LogP contribution is -2.33. The van der Waals surface area contributed by atoms with Crippen molar-refractivity contribution in [1.29, 1.82) is 0 Å². The number of rotatable bonds is 5. The zero-order chi connectivity index (χ0) is 19.6. The molecule has 1 aromatic heterocycles. The Morgan fingerprint density at radius 2 is 2.11 bits per heavy atom. The highest BCUT2D eigenvalue weighted by molar-refractivity contribution is 5.38. The number of benzene rings is 1. The Hall–Kier alpha value is -2.18. The van der Waals surface area contributed by atoms with Gasteiger partial charge in [-0.3, -0.25) is 4.79 Å². The number of ether oxygens (including phenoxy) is 2. The molecule has 0 aliphatic carbocycles. The molecule has 1 atom stereocenters. The number of nitrogens with zero attached hydrogens (tertiary/aromatic N) is 2. The van der Waals surface area contributed by atoms with Crippen molar-refractivity contribution >= 4 is 0 Å². The van der Waals surface area contributed by atoms with Crippen LogP contribution < -0.4 is 10.3 Å². The van der Waals surface area contributed by atoms with E-state index in [1.807, 2.05) is 19.1 Å². The van der Waals surface area contributed by atoms with Crippen molar-refractivity contribution in [2.24, 2.45) is 0 Å². The molecule has 0 unspecified atom stereocenters. The topological polar surface area (TPSA) is 73.6 Å². The van der Waals surface area contributed by atoms with Crippen LogP contribution in [0.5, 0.6) is 5.75 Å². The van der Waals surface area contributed by atoms with E-state index in [-0.39, 0.29) is 24.1 Å². The van der Waals surface area contributed by atoms with Crippen molar-refractivity contribution in [2.75, 3.05) is 13.2 Å². The SMILES string of the molecule is Cc1cc(C(C)(C)C)ccc1OC[C@H](O)Cn1nc2c(cc1=O)COCC2. The van der Waals surface area contributed by atoms with Gasteiger partial charge in [0, 0.05) is 18.1 Å².